The lowest BCUT2D eigenvalue weighted by Gasteiger charge is -2.40. The van der Waals surface area contributed by atoms with Crippen molar-refractivity contribution in [2.24, 2.45) is 0 Å². The van der Waals surface area contributed by atoms with Gasteiger partial charge in [-0.3, -0.25) is 0 Å². The molecule has 3 aromatic rings. The highest BCUT2D eigenvalue weighted by Crippen LogP contribution is 2.39. The Hall–Kier alpha value is -2.95. The minimum absolute atomic E-state index is 0.138. The summed E-state index contributed by atoms with van der Waals surface area (Å²) in [5.41, 5.74) is 0.365. The van der Waals surface area contributed by atoms with E-state index < -0.39 is 48.5 Å². The second kappa shape index (κ2) is 8.66. The molecule has 5 atom stereocenters. The van der Waals surface area contributed by atoms with Gasteiger partial charge in [0.2, 0.25) is 5.75 Å². The first-order valence-corrected chi connectivity index (χ1v) is 9.67. The summed E-state index contributed by atoms with van der Waals surface area (Å²) in [4.78, 5) is 11.7. The molecule has 164 valence electrons. The van der Waals surface area contributed by atoms with E-state index in [2.05, 4.69) is 0 Å². The quantitative estimate of drug-likeness (QED) is 0.367. The van der Waals surface area contributed by atoms with Gasteiger partial charge in [-0.1, -0.05) is 30.3 Å². The Balaban J connectivity index is 1.79. The average molecular weight is 430 g/mol. The van der Waals surface area contributed by atoms with E-state index in [0.29, 0.717) is 5.39 Å². The van der Waals surface area contributed by atoms with Gasteiger partial charge in [0.25, 0.3) is 0 Å². The number of aliphatic hydroxyl groups excluding tert-OH is 4. The molecule has 1 unspecified atom stereocenters. The molecule has 2 aromatic carbocycles. The van der Waals surface area contributed by atoms with Crippen molar-refractivity contribution in [3.63, 3.8) is 0 Å². The fraction of sp³-hybridized carbons (Fsp3) is 0.318. The van der Waals surface area contributed by atoms with Gasteiger partial charge in [-0.2, -0.15) is 0 Å². The van der Waals surface area contributed by atoms with Gasteiger partial charge in [0, 0.05) is 17.0 Å². The van der Waals surface area contributed by atoms with Crippen LogP contribution < -0.4 is 10.4 Å². The molecule has 0 aliphatic carbocycles. The largest absolute Gasteiger partial charge is 0.502 e. The zero-order valence-electron chi connectivity index (χ0n) is 16.3. The Kier molecular flexibility index (Phi) is 5.94. The van der Waals surface area contributed by atoms with E-state index >= 15 is 0 Å². The van der Waals surface area contributed by atoms with Gasteiger partial charge in [-0.15, -0.1) is 0 Å². The van der Waals surface area contributed by atoms with Gasteiger partial charge < -0.3 is 39.4 Å². The van der Waals surface area contributed by atoms with Crippen molar-refractivity contribution in [2.45, 2.75) is 37.1 Å². The summed E-state index contributed by atoms with van der Waals surface area (Å²) in [5.74, 6) is -0.389. The number of aromatic hydroxyl groups is 1. The number of fused-ring (bicyclic) bond motifs is 1. The van der Waals surface area contributed by atoms with Crippen LogP contribution in [-0.4, -0.2) is 56.6 Å². The molecule has 4 rings (SSSR count). The van der Waals surface area contributed by atoms with Crippen LogP contribution in [0, 0.1) is 0 Å². The molecule has 0 radical (unpaired) electrons. The predicted octanol–water partition coefficient (Wildman–Crippen LogP) is 0.592. The molecule has 1 saturated heterocycles. The summed E-state index contributed by atoms with van der Waals surface area (Å²) in [6, 6.07) is 13.4. The standard InChI is InChI=1S/C22H22O9/c23-9-17-18(25)19(26)20(27)21(30-17)13-6-12-7-14(24)22(28)31-15(12)8-16(13)29-10-11-4-2-1-3-5-11/h1-8,17-21,23-27H,9-10H2/t17-,18-,19+,20-,21?/m1/s1. The molecule has 1 aliphatic rings. The summed E-state index contributed by atoms with van der Waals surface area (Å²) in [7, 11) is 0. The first-order chi connectivity index (χ1) is 14.9. The van der Waals surface area contributed by atoms with Crippen molar-refractivity contribution < 1.29 is 39.4 Å². The van der Waals surface area contributed by atoms with Crippen LogP contribution in [0.1, 0.15) is 17.2 Å². The van der Waals surface area contributed by atoms with E-state index in [4.69, 9.17) is 13.9 Å². The Morgan fingerprint density at radius 2 is 1.71 bits per heavy atom. The number of rotatable bonds is 5. The number of ether oxygens (including phenoxy) is 2. The highest BCUT2D eigenvalue weighted by molar-refractivity contribution is 5.80. The van der Waals surface area contributed by atoms with Crippen LogP contribution in [-0.2, 0) is 11.3 Å². The molecule has 9 nitrogen and oxygen atoms in total. The molecular formula is C22H22O9. The number of aliphatic hydroxyl groups is 4. The Morgan fingerprint density at radius 3 is 2.42 bits per heavy atom. The molecule has 0 bridgehead atoms. The van der Waals surface area contributed by atoms with Crippen LogP contribution in [0.4, 0.5) is 0 Å². The van der Waals surface area contributed by atoms with Crippen molar-refractivity contribution in [1.82, 2.24) is 0 Å². The van der Waals surface area contributed by atoms with Crippen LogP contribution in [0.25, 0.3) is 11.0 Å². The van der Waals surface area contributed by atoms with E-state index in [1.807, 2.05) is 30.3 Å². The van der Waals surface area contributed by atoms with Crippen LogP contribution in [0.3, 0.4) is 0 Å². The summed E-state index contributed by atoms with van der Waals surface area (Å²) in [5, 5.41) is 50.4. The number of hydrogen-bond acceptors (Lipinski definition) is 9. The number of benzene rings is 2. The van der Waals surface area contributed by atoms with Gasteiger partial charge in [0.05, 0.1) is 6.61 Å². The summed E-state index contributed by atoms with van der Waals surface area (Å²) < 4.78 is 16.7. The van der Waals surface area contributed by atoms with E-state index in [1.54, 1.807) is 0 Å². The lowest BCUT2D eigenvalue weighted by molar-refractivity contribution is -0.232. The van der Waals surface area contributed by atoms with E-state index in [9.17, 15) is 30.3 Å². The fourth-order valence-electron chi connectivity index (χ4n) is 3.60. The second-order valence-corrected chi connectivity index (χ2v) is 7.37. The zero-order valence-corrected chi connectivity index (χ0v) is 16.3. The van der Waals surface area contributed by atoms with Crippen molar-refractivity contribution >= 4 is 11.0 Å². The minimum atomic E-state index is -1.57. The smallest absolute Gasteiger partial charge is 0.378 e. The molecule has 31 heavy (non-hydrogen) atoms. The van der Waals surface area contributed by atoms with Gasteiger partial charge in [0.1, 0.15) is 48.5 Å². The molecule has 1 aliphatic heterocycles. The van der Waals surface area contributed by atoms with Gasteiger partial charge in [-0.25, -0.2) is 4.79 Å². The maximum absolute atomic E-state index is 11.7. The topological polar surface area (TPSA) is 150 Å². The highest BCUT2D eigenvalue weighted by atomic mass is 16.5. The first kappa shape index (κ1) is 21.3. The Labute approximate surface area is 176 Å². The molecule has 0 spiro atoms. The molecule has 9 heteroatoms. The molecule has 1 aromatic heterocycles. The Bertz CT molecular complexity index is 1110. The monoisotopic (exact) mass is 430 g/mol. The van der Waals surface area contributed by atoms with E-state index in [-0.39, 0.29) is 23.5 Å². The third kappa shape index (κ3) is 4.14. The highest BCUT2D eigenvalue weighted by Gasteiger charge is 2.45. The van der Waals surface area contributed by atoms with E-state index in [0.717, 1.165) is 5.56 Å². The fourth-order valence-corrected chi connectivity index (χ4v) is 3.60. The zero-order chi connectivity index (χ0) is 22.1. The van der Waals surface area contributed by atoms with Crippen LogP contribution in [0.15, 0.2) is 57.7 Å². The van der Waals surface area contributed by atoms with Crippen molar-refractivity contribution in [2.75, 3.05) is 6.61 Å². The van der Waals surface area contributed by atoms with Gasteiger partial charge >= 0.3 is 5.63 Å². The molecule has 2 heterocycles. The molecule has 0 amide bonds. The molecule has 0 saturated carbocycles. The molecule has 1 fully saturated rings. The Morgan fingerprint density at radius 1 is 0.968 bits per heavy atom. The SMILES string of the molecule is O=c1oc2cc(OCc3ccccc3)c(C3O[C@H](CO)[C@@H](O)[C@H](O)[C@H]3O)cc2cc1O. The van der Waals surface area contributed by atoms with Crippen LogP contribution >= 0.6 is 0 Å². The third-order valence-electron chi connectivity index (χ3n) is 5.28. The van der Waals surface area contributed by atoms with Crippen molar-refractivity contribution in [1.29, 1.82) is 0 Å². The lowest BCUT2D eigenvalue weighted by Crippen LogP contribution is -2.55. The maximum Gasteiger partial charge on any atom is 0.378 e. The van der Waals surface area contributed by atoms with Gasteiger partial charge in [-0.05, 0) is 17.7 Å². The third-order valence-corrected chi connectivity index (χ3v) is 5.28. The predicted molar refractivity (Wildman–Crippen MR) is 108 cm³/mol. The van der Waals surface area contributed by atoms with Crippen molar-refractivity contribution in [3.8, 4) is 11.5 Å². The average Bonchev–Trinajstić information content (AvgIpc) is 2.78. The summed E-state index contributed by atoms with van der Waals surface area (Å²) in [6.45, 7) is -0.427. The second-order valence-electron chi connectivity index (χ2n) is 7.37. The first-order valence-electron chi connectivity index (χ1n) is 9.67. The molecular weight excluding hydrogens is 408 g/mol. The summed E-state index contributed by atoms with van der Waals surface area (Å²) >= 11 is 0. The maximum atomic E-state index is 11.7. The minimum Gasteiger partial charge on any atom is -0.502 e. The molecule has 5 N–H and O–H groups in total. The lowest BCUT2D eigenvalue weighted by atomic mass is 9.90. The van der Waals surface area contributed by atoms with Crippen LogP contribution in [0.5, 0.6) is 11.5 Å². The normalized spacial score (nSPS) is 26.1. The number of hydrogen-bond donors (Lipinski definition) is 5. The van der Waals surface area contributed by atoms with Gasteiger partial charge in [0.15, 0.2) is 0 Å². The summed E-state index contributed by atoms with van der Waals surface area (Å²) in [6.07, 6.45) is -6.88. The van der Waals surface area contributed by atoms with Crippen molar-refractivity contribution in [3.05, 3.63) is 70.1 Å². The van der Waals surface area contributed by atoms with Crippen LogP contribution in [0.2, 0.25) is 0 Å². The van der Waals surface area contributed by atoms with E-state index in [1.165, 1.54) is 18.2 Å².